The maximum absolute atomic E-state index is 11.1. The number of carboxylic acids is 1. The van der Waals surface area contributed by atoms with Gasteiger partial charge in [-0.3, -0.25) is 9.97 Å². The summed E-state index contributed by atoms with van der Waals surface area (Å²) in [7, 11) is 0. The Hall–Kier alpha value is -4.32. The summed E-state index contributed by atoms with van der Waals surface area (Å²) < 4.78 is 1.60. The van der Waals surface area contributed by atoms with E-state index in [4.69, 9.17) is 10.1 Å². The molecular weight excluding hydrogens is 418 g/mol. The van der Waals surface area contributed by atoms with Gasteiger partial charge in [-0.15, -0.1) is 0 Å². The van der Waals surface area contributed by atoms with Crippen molar-refractivity contribution < 1.29 is 9.90 Å². The standard InChI is InChI=1S/C24H23N7O2/c1-5-30(6-2)17-7-8-18(15(3)13-17)28-22-19(9-10-21(32)33)29-31-23(16(4)27-24(22)31)20-14-25-11-12-26-20/h7-8,11-14H,5-6H2,1-4H3,(H,32,33). The Balaban J connectivity index is 1.85. The van der Waals surface area contributed by atoms with Crippen molar-refractivity contribution in [3.05, 3.63) is 53.9 Å². The van der Waals surface area contributed by atoms with Gasteiger partial charge in [0.25, 0.3) is 0 Å². The highest BCUT2D eigenvalue weighted by atomic mass is 16.4. The van der Waals surface area contributed by atoms with Gasteiger partial charge in [-0.2, -0.15) is 5.10 Å². The van der Waals surface area contributed by atoms with Crippen molar-refractivity contribution >= 4 is 28.8 Å². The fourth-order valence-corrected chi connectivity index (χ4v) is 3.71. The number of rotatable bonds is 5. The lowest BCUT2D eigenvalue weighted by atomic mass is 10.1. The number of nitrogens with zero attached hydrogens (tertiary/aromatic N) is 7. The molecule has 1 aliphatic rings. The van der Waals surface area contributed by atoms with E-state index < -0.39 is 5.97 Å². The quantitative estimate of drug-likeness (QED) is 0.609. The molecule has 0 spiro atoms. The highest BCUT2D eigenvalue weighted by Crippen LogP contribution is 2.30. The SMILES string of the molecule is CCN(CC)c1ccc(N=C2C(C#CC(=O)O)=Nn3c2nc(C)c3-c2cnccn2)c(C)c1. The lowest BCUT2D eigenvalue weighted by Gasteiger charge is -2.21. The predicted octanol–water partition coefficient (Wildman–Crippen LogP) is 3.23. The van der Waals surface area contributed by atoms with E-state index in [9.17, 15) is 4.79 Å². The van der Waals surface area contributed by atoms with Gasteiger partial charge in [0.1, 0.15) is 17.1 Å². The molecule has 1 aromatic carbocycles. The molecule has 1 N–H and O–H groups in total. The number of carbonyl (C=O) groups is 1. The number of aromatic nitrogens is 4. The van der Waals surface area contributed by atoms with Crippen molar-refractivity contribution in [2.75, 3.05) is 18.0 Å². The lowest BCUT2D eigenvalue weighted by molar-refractivity contribution is -0.130. The van der Waals surface area contributed by atoms with Crippen LogP contribution in [0.4, 0.5) is 11.4 Å². The van der Waals surface area contributed by atoms with Crippen LogP contribution in [0.5, 0.6) is 0 Å². The highest BCUT2D eigenvalue weighted by molar-refractivity contribution is 6.55. The number of fused-ring (bicyclic) bond motifs is 1. The third-order valence-electron chi connectivity index (χ3n) is 5.30. The average molecular weight is 441 g/mol. The summed E-state index contributed by atoms with van der Waals surface area (Å²) in [4.78, 5) is 31.3. The van der Waals surface area contributed by atoms with Gasteiger partial charge in [-0.1, -0.05) is 0 Å². The summed E-state index contributed by atoms with van der Waals surface area (Å²) in [5.74, 6) is 3.99. The Morgan fingerprint density at radius 3 is 2.64 bits per heavy atom. The van der Waals surface area contributed by atoms with Gasteiger partial charge in [-0.05, 0) is 57.4 Å². The van der Waals surface area contributed by atoms with Crippen LogP contribution >= 0.6 is 0 Å². The molecule has 2 aromatic heterocycles. The van der Waals surface area contributed by atoms with Crippen LogP contribution < -0.4 is 4.90 Å². The van der Waals surface area contributed by atoms with Crippen LogP contribution in [0.3, 0.4) is 0 Å². The first kappa shape index (κ1) is 21.9. The van der Waals surface area contributed by atoms with Crippen LogP contribution in [0.1, 0.15) is 30.9 Å². The molecule has 0 fully saturated rings. The van der Waals surface area contributed by atoms with E-state index in [1.54, 1.807) is 23.3 Å². The van der Waals surface area contributed by atoms with E-state index in [1.165, 1.54) is 0 Å². The van der Waals surface area contributed by atoms with E-state index in [0.29, 0.717) is 28.6 Å². The first-order valence-corrected chi connectivity index (χ1v) is 10.6. The van der Waals surface area contributed by atoms with Crippen LogP contribution in [0.15, 0.2) is 46.9 Å². The predicted molar refractivity (Wildman–Crippen MR) is 127 cm³/mol. The zero-order valence-electron chi connectivity index (χ0n) is 18.9. The number of aliphatic imine (C=N–C) groups is 1. The molecule has 0 saturated carbocycles. The van der Waals surface area contributed by atoms with Gasteiger partial charge in [0.2, 0.25) is 0 Å². The molecule has 0 atom stereocenters. The summed E-state index contributed by atoms with van der Waals surface area (Å²) in [6.45, 7) is 9.90. The fourth-order valence-electron chi connectivity index (χ4n) is 3.71. The molecule has 4 rings (SSSR count). The number of aliphatic carboxylic acids is 1. The second kappa shape index (κ2) is 9.04. The fraction of sp³-hybridized carbons (Fsp3) is 0.250. The Morgan fingerprint density at radius 2 is 2.00 bits per heavy atom. The summed E-state index contributed by atoms with van der Waals surface area (Å²) in [5, 5.41) is 13.6. The van der Waals surface area contributed by atoms with Gasteiger partial charge in [0.05, 0.1) is 17.6 Å². The molecule has 9 nitrogen and oxygen atoms in total. The van der Waals surface area contributed by atoms with Crippen molar-refractivity contribution in [1.29, 1.82) is 0 Å². The molecule has 0 aliphatic carbocycles. The van der Waals surface area contributed by atoms with E-state index in [1.807, 2.05) is 26.0 Å². The largest absolute Gasteiger partial charge is 0.472 e. The highest BCUT2D eigenvalue weighted by Gasteiger charge is 2.29. The van der Waals surface area contributed by atoms with E-state index in [2.05, 4.69) is 56.7 Å². The number of carboxylic acid groups (broad SMARTS) is 1. The maximum Gasteiger partial charge on any atom is 0.382 e. The molecule has 0 radical (unpaired) electrons. The summed E-state index contributed by atoms with van der Waals surface area (Å²) in [6, 6.07) is 6.06. The van der Waals surface area contributed by atoms with Crippen molar-refractivity contribution in [1.82, 2.24) is 19.6 Å². The van der Waals surface area contributed by atoms with Crippen LogP contribution in [0.2, 0.25) is 0 Å². The normalized spacial score (nSPS) is 13.3. The van der Waals surface area contributed by atoms with Gasteiger partial charge in [0, 0.05) is 37.1 Å². The monoisotopic (exact) mass is 441 g/mol. The first-order valence-electron chi connectivity index (χ1n) is 10.6. The Kier molecular flexibility index (Phi) is 6.00. The minimum atomic E-state index is -1.24. The summed E-state index contributed by atoms with van der Waals surface area (Å²) >= 11 is 0. The van der Waals surface area contributed by atoms with Crippen LogP contribution in [-0.4, -0.2) is 55.2 Å². The number of aryl methyl sites for hydroxylation is 2. The average Bonchev–Trinajstić information content (AvgIpc) is 3.29. The molecule has 0 saturated heterocycles. The van der Waals surface area contributed by atoms with Crippen molar-refractivity contribution in [2.24, 2.45) is 10.1 Å². The lowest BCUT2D eigenvalue weighted by Crippen LogP contribution is -2.21. The Bertz CT molecular complexity index is 1340. The van der Waals surface area contributed by atoms with Crippen LogP contribution in [0.25, 0.3) is 11.4 Å². The number of hydrogen-bond acceptors (Lipinski definition) is 7. The number of benzene rings is 1. The molecule has 33 heavy (non-hydrogen) atoms. The van der Waals surface area contributed by atoms with Gasteiger partial charge in [-0.25, -0.2) is 19.4 Å². The minimum Gasteiger partial charge on any atom is -0.472 e. The molecule has 0 unspecified atom stereocenters. The molecule has 0 bridgehead atoms. The van der Waals surface area contributed by atoms with E-state index in [-0.39, 0.29) is 5.71 Å². The number of hydrogen-bond donors (Lipinski definition) is 1. The zero-order valence-corrected chi connectivity index (χ0v) is 18.9. The molecule has 3 heterocycles. The maximum atomic E-state index is 11.1. The molecule has 0 amide bonds. The topological polar surface area (TPSA) is 109 Å². The van der Waals surface area contributed by atoms with Crippen molar-refractivity contribution in [3.8, 4) is 23.2 Å². The summed E-state index contributed by atoms with van der Waals surface area (Å²) in [5.41, 5.74) is 5.46. The second-order valence-electron chi connectivity index (χ2n) is 7.38. The Morgan fingerprint density at radius 1 is 1.21 bits per heavy atom. The third-order valence-corrected chi connectivity index (χ3v) is 5.30. The third kappa shape index (κ3) is 4.23. The molecule has 3 aromatic rings. The smallest absolute Gasteiger partial charge is 0.382 e. The molecule has 9 heteroatoms. The van der Waals surface area contributed by atoms with Gasteiger partial charge in [0.15, 0.2) is 11.5 Å². The van der Waals surface area contributed by atoms with Gasteiger partial charge < -0.3 is 10.0 Å². The van der Waals surface area contributed by atoms with Crippen molar-refractivity contribution in [3.63, 3.8) is 0 Å². The van der Waals surface area contributed by atoms with Gasteiger partial charge >= 0.3 is 5.97 Å². The summed E-state index contributed by atoms with van der Waals surface area (Å²) in [6.07, 6.45) is 4.81. The number of imidazole rings is 1. The Labute approximate surface area is 191 Å². The second-order valence-corrected chi connectivity index (χ2v) is 7.38. The van der Waals surface area contributed by atoms with E-state index >= 15 is 0 Å². The number of anilines is 1. The molecular formula is C24H23N7O2. The van der Waals surface area contributed by atoms with E-state index in [0.717, 1.165) is 30.0 Å². The van der Waals surface area contributed by atoms with Crippen molar-refractivity contribution in [2.45, 2.75) is 27.7 Å². The van der Waals surface area contributed by atoms with Crippen LogP contribution in [0, 0.1) is 25.7 Å². The van der Waals surface area contributed by atoms with Crippen LogP contribution in [-0.2, 0) is 4.79 Å². The minimum absolute atomic E-state index is 0.234. The molecule has 166 valence electrons. The zero-order chi connectivity index (χ0) is 23.5. The molecule has 1 aliphatic heterocycles. The first-order chi connectivity index (χ1) is 15.9.